The molecule has 2 rings (SSSR count). The maximum atomic E-state index is 11.3. The highest BCUT2D eigenvalue weighted by Crippen LogP contribution is 2.29. The Morgan fingerprint density at radius 3 is 2.95 bits per heavy atom. The van der Waals surface area contributed by atoms with E-state index in [0.29, 0.717) is 30.3 Å². The Balaban J connectivity index is 2.15. The van der Waals surface area contributed by atoms with Crippen LogP contribution < -0.4 is 4.74 Å². The molecule has 5 nitrogen and oxygen atoms in total. The Bertz CT molecular complexity index is 558. The lowest BCUT2D eigenvalue weighted by molar-refractivity contribution is -0.145. The molecule has 19 heavy (non-hydrogen) atoms. The third-order valence-electron chi connectivity index (χ3n) is 2.50. The summed E-state index contributed by atoms with van der Waals surface area (Å²) in [5.41, 5.74) is 0.610. The lowest BCUT2D eigenvalue weighted by Gasteiger charge is -2.05. The highest BCUT2D eigenvalue weighted by Gasteiger charge is 2.11. The van der Waals surface area contributed by atoms with Crippen LogP contribution in [0.1, 0.15) is 12.7 Å². The molecule has 0 bridgehead atoms. The second-order valence-corrected chi connectivity index (χ2v) is 3.91. The van der Waals surface area contributed by atoms with Crippen LogP contribution in [0.3, 0.4) is 0 Å². The molecule has 1 heterocycles. The van der Waals surface area contributed by atoms with Crippen molar-refractivity contribution in [1.29, 1.82) is 0 Å². The molecule has 0 aliphatic heterocycles. The van der Waals surface area contributed by atoms with Gasteiger partial charge in [-0.2, -0.15) is 0 Å². The number of carbonyl (C=O) groups excluding carboxylic acids is 1. The number of benzene rings is 1. The molecule has 0 spiro atoms. The minimum absolute atomic E-state index is 0.132. The Hall–Kier alpha value is -2.01. The van der Waals surface area contributed by atoms with Crippen molar-refractivity contribution in [1.82, 2.24) is 0 Å². The predicted octanol–water partition coefficient (Wildman–Crippen LogP) is 2.52. The summed E-state index contributed by atoms with van der Waals surface area (Å²) in [5, 5.41) is 0.911. The minimum Gasteiger partial charge on any atom is -0.478 e. The molecule has 0 N–H and O–H groups in total. The summed E-state index contributed by atoms with van der Waals surface area (Å²) in [6.45, 7) is 2.35. The van der Waals surface area contributed by atoms with E-state index in [1.807, 2.05) is 18.2 Å². The zero-order chi connectivity index (χ0) is 13.7. The fourth-order valence-corrected chi connectivity index (χ4v) is 1.76. The molecular weight excluding hydrogens is 248 g/mol. The Kier molecular flexibility index (Phi) is 4.41. The van der Waals surface area contributed by atoms with Gasteiger partial charge in [-0.1, -0.05) is 12.1 Å². The first-order valence-electron chi connectivity index (χ1n) is 6.03. The number of furan rings is 1. The maximum absolute atomic E-state index is 11.3. The SMILES string of the molecule is CCOC(=O)COc1cccc2cc(COC)oc12. The van der Waals surface area contributed by atoms with E-state index < -0.39 is 5.97 Å². The average Bonchev–Trinajstić information content (AvgIpc) is 2.80. The zero-order valence-corrected chi connectivity index (χ0v) is 11.0. The van der Waals surface area contributed by atoms with Crippen molar-refractivity contribution in [3.8, 4) is 5.75 Å². The second-order valence-electron chi connectivity index (χ2n) is 3.91. The molecule has 0 saturated carbocycles. The first kappa shape index (κ1) is 13.4. The number of hydrogen-bond acceptors (Lipinski definition) is 5. The van der Waals surface area contributed by atoms with Crippen LogP contribution in [0, 0.1) is 0 Å². The van der Waals surface area contributed by atoms with E-state index in [2.05, 4.69) is 0 Å². The molecule has 5 heteroatoms. The summed E-state index contributed by atoms with van der Waals surface area (Å²) in [5.74, 6) is 0.834. The molecule has 0 unspecified atom stereocenters. The van der Waals surface area contributed by atoms with E-state index in [4.69, 9.17) is 18.6 Å². The highest BCUT2D eigenvalue weighted by atomic mass is 16.6. The van der Waals surface area contributed by atoms with Crippen molar-refractivity contribution in [2.24, 2.45) is 0 Å². The normalized spacial score (nSPS) is 10.6. The number of carbonyl (C=O) groups is 1. The van der Waals surface area contributed by atoms with Crippen LogP contribution in [0.4, 0.5) is 0 Å². The monoisotopic (exact) mass is 264 g/mol. The largest absolute Gasteiger partial charge is 0.478 e. The third kappa shape index (κ3) is 3.26. The Morgan fingerprint density at radius 2 is 2.21 bits per heavy atom. The molecule has 0 aliphatic rings. The standard InChI is InChI=1S/C14H16O5/c1-3-17-13(15)9-18-12-6-4-5-10-7-11(8-16-2)19-14(10)12/h4-7H,3,8-9H2,1-2H3. The quantitative estimate of drug-likeness (QED) is 0.750. The van der Waals surface area contributed by atoms with Crippen LogP contribution in [0.15, 0.2) is 28.7 Å². The van der Waals surface area contributed by atoms with Gasteiger partial charge in [-0.15, -0.1) is 0 Å². The molecule has 1 aromatic carbocycles. The first-order valence-corrected chi connectivity index (χ1v) is 6.03. The molecule has 102 valence electrons. The zero-order valence-electron chi connectivity index (χ0n) is 11.0. The van der Waals surface area contributed by atoms with Crippen molar-refractivity contribution < 1.29 is 23.4 Å². The van der Waals surface area contributed by atoms with Crippen molar-refractivity contribution in [2.75, 3.05) is 20.3 Å². The summed E-state index contributed by atoms with van der Waals surface area (Å²) < 4.78 is 20.9. The van der Waals surface area contributed by atoms with E-state index >= 15 is 0 Å². The highest BCUT2D eigenvalue weighted by molar-refractivity contribution is 5.84. The van der Waals surface area contributed by atoms with Crippen LogP contribution in [0.2, 0.25) is 0 Å². The van der Waals surface area contributed by atoms with Crippen LogP contribution >= 0.6 is 0 Å². The lowest BCUT2D eigenvalue weighted by atomic mass is 10.2. The van der Waals surface area contributed by atoms with E-state index in [-0.39, 0.29) is 6.61 Å². The molecule has 1 aromatic heterocycles. The molecule has 0 saturated heterocycles. The lowest BCUT2D eigenvalue weighted by Crippen LogP contribution is -2.14. The number of ether oxygens (including phenoxy) is 3. The number of esters is 1. The van der Waals surface area contributed by atoms with Gasteiger partial charge in [0.15, 0.2) is 17.9 Å². The van der Waals surface area contributed by atoms with Gasteiger partial charge in [-0.3, -0.25) is 0 Å². The minimum atomic E-state index is -0.400. The van der Waals surface area contributed by atoms with E-state index in [0.717, 1.165) is 5.39 Å². The fraction of sp³-hybridized carbons (Fsp3) is 0.357. The van der Waals surface area contributed by atoms with Gasteiger partial charge < -0.3 is 18.6 Å². The van der Waals surface area contributed by atoms with Crippen molar-refractivity contribution in [3.63, 3.8) is 0 Å². The van der Waals surface area contributed by atoms with Gasteiger partial charge in [0, 0.05) is 12.5 Å². The summed E-state index contributed by atoms with van der Waals surface area (Å²) in [4.78, 5) is 11.3. The van der Waals surface area contributed by atoms with Gasteiger partial charge in [0.1, 0.15) is 12.4 Å². The van der Waals surface area contributed by atoms with Crippen molar-refractivity contribution in [2.45, 2.75) is 13.5 Å². The molecule has 0 radical (unpaired) electrons. The topological polar surface area (TPSA) is 57.9 Å². The number of rotatable bonds is 6. The molecule has 0 aliphatic carbocycles. The Morgan fingerprint density at radius 1 is 1.37 bits per heavy atom. The predicted molar refractivity (Wildman–Crippen MR) is 69.1 cm³/mol. The van der Waals surface area contributed by atoms with Gasteiger partial charge in [-0.25, -0.2) is 4.79 Å². The van der Waals surface area contributed by atoms with Crippen LogP contribution in [-0.4, -0.2) is 26.3 Å². The number of hydrogen-bond donors (Lipinski definition) is 0. The maximum Gasteiger partial charge on any atom is 0.344 e. The Labute approximate surface area is 111 Å². The number of para-hydroxylation sites is 1. The van der Waals surface area contributed by atoms with Crippen molar-refractivity contribution >= 4 is 16.9 Å². The van der Waals surface area contributed by atoms with Gasteiger partial charge in [0.05, 0.1) is 6.61 Å². The van der Waals surface area contributed by atoms with Crippen LogP contribution in [0.5, 0.6) is 5.75 Å². The van der Waals surface area contributed by atoms with E-state index in [1.54, 1.807) is 20.1 Å². The molecular formula is C14H16O5. The summed E-state index contributed by atoms with van der Waals surface area (Å²) in [6.07, 6.45) is 0. The summed E-state index contributed by atoms with van der Waals surface area (Å²) in [6, 6.07) is 7.39. The van der Waals surface area contributed by atoms with Gasteiger partial charge in [0.25, 0.3) is 0 Å². The molecule has 0 amide bonds. The number of methoxy groups -OCH3 is 1. The van der Waals surface area contributed by atoms with Gasteiger partial charge in [-0.05, 0) is 19.1 Å². The summed E-state index contributed by atoms with van der Waals surface area (Å²) in [7, 11) is 1.60. The van der Waals surface area contributed by atoms with E-state index in [9.17, 15) is 4.79 Å². The summed E-state index contributed by atoms with van der Waals surface area (Å²) >= 11 is 0. The molecule has 0 atom stereocenters. The third-order valence-corrected chi connectivity index (χ3v) is 2.50. The smallest absolute Gasteiger partial charge is 0.344 e. The molecule has 2 aromatic rings. The van der Waals surface area contributed by atoms with Crippen LogP contribution in [0.25, 0.3) is 11.0 Å². The second kappa shape index (κ2) is 6.24. The van der Waals surface area contributed by atoms with Crippen molar-refractivity contribution in [3.05, 3.63) is 30.0 Å². The van der Waals surface area contributed by atoms with Gasteiger partial charge in [0.2, 0.25) is 0 Å². The molecule has 0 fully saturated rings. The fourth-order valence-electron chi connectivity index (χ4n) is 1.76. The number of fused-ring (bicyclic) bond motifs is 1. The first-order chi connectivity index (χ1) is 9.24. The van der Waals surface area contributed by atoms with Gasteiger partial charge >= 0.3 is 5.97 Å². The van der Waals surface area contributed by atoms with E-state index in [1.165, 1.54) is 0 Å². The average molecular weight is 264 g/mol. The van der Waals surface area contributed by atoms with Crippen LogP contribution in [-0.2, 0) is 20.9 Å².